The molecule has 5 nitrogen and oxygen atoms in total. The molecule has 1 rings (SSSR count). The van der Waals surface area contributed by atoms with E-state index in [1.807, 2.05) is 11.8 Å². The Morgan fingerprint density at radius 2 is 2.31 bits per heavy atom. The summed E-state index contributed by atoms with van der Waals surface area (Å²) in [4.78, 5) is 1.92. The second kappa shape index (κ2) is 3.63. The van der Waals surface area contributed by atoms with Crippen LogP contribution in [0, 0.1) is 5.41 Å². The molecule has 1 unspecified atom stereocenters. The summed E-state index contributed by atoms with van der Waals surface area (Å²) in [5.74, 6) is 0.455. The highest BCUT2D eigenvalue weighted by Gasteiger charge is 2.27. The summed E-state index contributed by atoms with van der Waals surface area (Å²) >= 11 is 0. The van der Waals surface area contributed by atoms with Crippen LogP contribution < -0.4 is 5.73 Å². The number of nitrogens with one attached hydrogen (secondary N) is 1. The molecule has 0 amide bonds. The molecule has 6 heteroatoms. The summed E-state index contributed by atoms with van der Waals surface area (Å²) in [6.45, 7) is 2.71. The van der Waals surface area contributed by atoms with E-state index in [2.05, 4.69) is 0 Å². The summed E-state index contributed by atoms with van der Waals surface area (Å²) < 4.78 is 22.4. The van der Waals surface area contributed by atoms with Crippen LogP contribution in [0.4, 0.5) is 0 Å². The van der Waals surface area contributed by atoms with Gasteiger partial charge in [0.15, 0.2) is 9.84 Å². The predicted octanol–water partition coefficient (Wildman–Crippen LogP) is -0.959. The third-order valence-corrected chi connectivity index (χ3v) is 3.98. The zero-order valence-electron chi connectivity index (χ0n) is 7.66. The van der Waals surface area contributed by atoms with Crippen LogP contribution in [0.3, 0.4) is 0 Å². The molecule has 76 valence electrons. The maximum Gasteiger partial charge on any atom is 0.153 e. The lowest BCUT2D eigenvalue weighted by atomic mass is 10.3. The predicted molar refractivity (Wildman–Crippen MR) is 51.6 cm³/mol. The lowest BCUT2D eigenvalue weighted by Gasteiger charge is -2.32. The van der Waals surface area contributed by atoms with Crippen LogP contribution in [0.5, 0.6) is 0 Å². The smallest absolute Gasteiger partial charge is 0.153 e. The van der Waals surface area contributed by atoms with Gasteiger partial charge >= 0.3 is 0 Å². The van der Waals surface area contributed by atoms with Crippen molar-refractivity contribution < 1.29 is 8.42 Å². The summed E-state index contributed by atoms with van der Waals surface area (Å²) in [5.41, 5.74) is 5.25. The van der Waals surface area contributed by atoms with Gasteiger partial charge < -0.3 is 5.73 Å². The Hall–Kier alpha value is -0.620. The molecule has 0 spiro atoms. The minimum atomic E-state index is -2.85. The normalized spacial score (nSPS) is 28.5. The van der Waals surface area contributed by atoms with Gasteiger partial charge in [-0.1, -0.05) is 0 Å². The van der Waals surface area contributed by atoms with Gasteiger partial charge in [0, 0.05) is 12.6 Å². The molecule has 1 fully saturated rings. The van der Waals surface area contributed by atoms with E-state index >= 15 is 0 Å². The van der Waals surface area contributed by atoms with Crippen molar-refractivity contribution in [2.24, 2.45) is 5.73 Å². The first-order valence-corrected chi connectivity index (χ1v) is 6.00. The third kappa shape index (κ3) is 2.96. The van der Waals surface area contributed by atoms with Gasteiger partial charge in [-0.2, -0.15) is 0 Å². The minimum absolute atomic E-state index is 0.0253. The van der Waals surface area contributed by atoms with E-state index in [0.717, 1.165) is 0 Å². The average Bonchev–Trinajstić information content (AvgIpc) is 1.93. The van der Waals surface area contributed by atoms with Crippen LogP contribution in [-0.4, -0.2) is 49.8 Å². The van der Waals surface area contributed by atoms with Crippen molar-refractivity contribution in [1.82, 2.24) is 4.90 Å². The highest BCUT2D eigenvalue weighted by molar-refractivity contribution is 7.91. The van der Waals surface area contributed by atoms with Crippen LogP contribution in [0.25, 0.3) is 0 Å². The molecule has 0 bridgehead atoms. The Balaban J connectivity index is 2.59. The van der Waals surface area contributed by atoms with E-state index < -0.39 is 9.84 Å². The molecule has 1 atom stereocenters. The number of rotatable bonds is 2. The topological polar surface area (TPSA) is 87.2 Å². The monoisotopic (exact) mass is 205 g/mol. The molecule has 0 aliphatic carbocycles. The van der Waals surface area contributed by atoms with Gasteiger partial charge in [-0.3, -0.25) is 10.3 Å². The molecule has 0 radical (unpaired) electrons. The van der Waals surface area contributed by atoms with Crippen LogP contribution in [0.2, 0.25) is 0 Å². The van der Waals surface area contributed by atoms with Crippen molar-refractivity contribution in [2.75, 3.05) is 24.6 Å². The van der Waals surface area contributed by atoms with Gasteiger partial charge in [-0.05, 0) is 6.92 Å². The molecule has 1 aliphatic rings. The SMILES string of the molecule is CC1CS(=O)(=O)CCN1CC(=N)N. The molecule has 0 aromatic rings. The van der Waals surface area contributed by atoms with Crippen molar-refractivity contribution in [2.45, 2.75) is 13.0 Å². The highest BCUT2D eigenvalue weighted by Crippen LogP contribution is 2.10. The van der Waals surface area contributed by atoms with Crippen molar-refractivity contribution >= 4 is 15.7 Å². The number of sulfone groups is 1. The van der Waals surface area contributed by atoms with Crippen LogP contribution in [-0.2, 0) is 9.84 Å². The Morgan fingerprint density at radius 1 is 1.69 bits per heavy atom. The summed E-state index contributed by atoms with van der Waals surface area (Å²) in [5, 5.41) is 7.11. The fraction of sp³-hybridized carbons (Fsp3) is 0.857. The molecule has 1 aliphatic heterocycles. The molecule has 0 aromatic carbocycles. The Labute approximate surface area is 78.3 Å². The quantitative estimate of drug-likeness (QED) is 0.449. The number of nitrogens with zero attached hydrogens (tertiary/aromatic N) is 1. The second-order valence-corrected chi connectivity index (χ2v) is 5.69. The Bertz CT molecular complexity index is 299. The average molecular weight is 205 g/mol. The summed E-state index contributed by atoms with van der Waals surface area (Å²) in [6.07, 6.45) is 0. The summed E-state index contributed by atoms with van der Waals surface area (Å²) in [7, 11) is -2.85. The number of nitrogens with two attached hydrogens (primary N) is 1. The van der Waals surface area contributed by atoms with E-state index in [4.69, 9.17) is 11.1 Å². The van der Waals surface area contributed by atoms with E-state index in [1.54, 1.807) is 0 Å². The zero-order valence-corrected chi connectivity index (χ0v) is 8.47. The molecule has 0 saturated carbocycles. The van der Waals surface area contributed by atoms with E-state index in [-0.39, 0.29) is 23.4 Å². The molecule has 3 N–H and O–H groups in total. The highest BCUT2D eigenvalue weighted by atomic mass is 32.2. The first-order valence-electron chi connectivity index (χ1n) is 4.18. The fourth-order valence-electron chi connectivity index (χ4n) is 1.49. The van der Waals surface area contributed by atoms with Crippen LogP contribution in [0.1, 0.15) is 6.92 Å². The molecule has 13 heavy (non-hydrogen) atoms. The van der Waals surface area contributed by atoms with Gasteiger partial charge in [0.1, 0.15) is 5.84 Å². The molecule has 1 heterocycles. The van der Waals surface area contributed by atoms with Gasteiger partial charge in [0.2, 0.25) is 0 Å². The molecule has 1 saturated heterocycles. The molecular weight excluding hydrogens is 190 g/mol. The summed E-state index contributed by atoms with van der Waals surface area (Å²) in [6, 6.07) is -0.0253. The standard InChI is InChI=1S/C7H15N3O2S/c1-6-5-13(11,12)3-2-10(6)4-7(8)9/h6H,2-5H2,1H3,(H3,8,9). The van der Waals surface area contributed by atoms with Gasteiger partial charge in [-0.25, -0.2) is 8.42 Å². The van der Waals surface area contributed by atoms with Gasteiger partial charge in [-0.15, -0.1) is 0 Å². The number of amidine groups is 1. The van der Waals surface area contributed by atoms with Gasteiger partial charge in [0.25, 0.3) is 0 Å². The first-order chi connectivity index (χ1) is 5.91. The zero-order chi connectivity index (χ0) is 10.1. The van der Waals surface area contributed by atoms with E-state index in [0.29, 0.717) is 13.1 Å². The van der Waals surface area contributed by atoms with Crippen molar-refractivity contribution in [1.29, 1.82) is 5.41 Å². The van der Waals surface area contributed by atoms with Gasteiger partial charge in [0.05, 0.1) is 18.1 Å². The Kier molecular flexibility index (Phi) is 2.92. The maximum absolute atomic E-state index is 11.2. The largest absolute Gasteiger partial charge is 0.387 e. The van der Waals surface area contributed by atoms with E-state index in [1.165, 1.54) is 0 Å². The number of hydrogen-bond donors (Lipinski definition) is 2. The fourth-order valence-corrected chi connectivity index (χ4v) is 3.11. The maximum atomic E-state index is 11.2. The van der Waals surface area contributed by atoms with Crippen molar-refractivity contribution in [3.63, 3.8) is 0 Å². The first kappa shape index (κ1) is 10.5. The molecule has 0 aromatic heterocycles. The van der Waals surface area contributed by atoms with Crippen molar-refractivity contribution in [3.05, 3.63) is 0 Å². The minimum Gasteiger partial charge on any atom is -0.387 e. The van der Waals surface area contributed by atoms with Crippen LogP contribution >= 0.6 is 0 Å². The lowest BCUT2D eigenvalue weighted by molar-refractivity contribution is 0.258. The lowest BCUT2D eigenvalue weighted by Crippen LogP contribution is -2.49. The van der Waals surface area contributed by atoms with Crippen molar-refractivity contribution in [3.8, 4) is 0 Å². The van der Waals surface area contributed by atoms with Crippen LogP contribution in [0.15, 0.2) is 0 Å². The van der Waals surface area contributed by atoms with E-state index in [9.17, 15) is 8.42 Å². The number of hydrogen-bond acceptors (Lipinski definition) is 4. The second-order valence-electron chi connectivity index (χ2n) is 3.46. The molecular formula is C7H15N3O2S. The third-order valence-electron chi connectivity index (χ3n) is 2.18. The Morgan fingerprint density at radius 3 is 2.77 bits per heavy atom.